The van der Waals surface area contributed by atoms with Gasteiger partial charge in [0, 0.05) is 12.0 Å². The van der Waals surface area contributed by atoms with Crippen molar-refractivity contribution < 1.29 is 9.59 Å². The van der Waals surface area contributed by atoms with Crippen LogP contribution in [0.2, 0.25) is 0 Å². The lowest BCUT2D eigenvalue weighted by Crippen LogP contribution is -2.41. The maximum Gasteiger partial charge on any atom is 0.234 e. The molecule has 1 atom stereocenters. The molecule has 1 aliphatic carbocycles. The minimum absolute atomic E-state index is 0.242. The molecule has 2 amide bonds. The molecule has 1 unspecified atom stereocenters. The van der Waals surface area contributed by atoms with E-state index in [0.717, 1.165) is 27.5 Å². The molecule has 1 saturated heterocycles. The minimum atomic E-state index is -0.439. The lowest BCUT2D eigenvalue weighted by Gasteiger charge is -2.23. The van der Waals surface area contributed by atoms with Crippen molar-refractivity contribution in [3.8, 4) is 6.07 Å². The van der Waals surface area contributed by atoms with E-state index < -0.39 is 5.92 Å². The van der Waals surface area contributed by atoms with Crippen molar-refractivity contribution in [2.24, 2.45) is 5.92 Å². The van der Waals surface area contributed by atoms with Crippen LogP contribution >= 0.6 is 0 Å². The molecule has 2 aromatic carbocycles. The quantitative estimate of drug-likeness (QED) is 0.820. The van der Waals surface area contributed by atoms with Gasteiger partial charge in [-0.3, -0.25) is 14.9 Å². The molecule has 1 heterocycles. The molecule has 1 aliphatic heterocycles. The molecule has 0 spiro atoms. The average molecular weight is 288 g/mol. The predicted molar refractivity (Wildman–Crippen MR) is 82.2 cm³/mol. The molecular formula is C18H12N2O2. The van der Waals surface area contributed by atoms with Crippen LogP contribution in [0.25, 0.3) is 21.9 Å². The normalized spacial score (nSPS) is 20.2. The van der Waals surface area contributed by atoms with Crippen LogP contribution in [-0.2, 0) is 9.59 Å². The smallest absolute Gasteiger partial charge is 0.234 e. The highest BCUT2D eigenvalue weighted by Crippen LogP contribution is 2.46. The fourth-order valence-corrected chi connectivity index (χ4v) is 3.50. The van der Waals surface area contributed by atoms with Gasteiger partial charge in [-0.1, -0.05) is 36.4 Å². The summed E-state index contributed by atoms with van der Waals surface area (Å²) in [6.45, 7) is 0. The Morgan fingerprint density at radius 3 is 2.50 bits per heavy atom. The van der Waals surface area contributed by atoms with E-state index in [2.05, 4.69) is 11.4 Å². The van der Waals surface area contributed by atoms with E-state index in [1.54, 1.807) is 0 Å². The summed E-state index contributed by atoms with van der Waals surface area (Å²) in [7, 11) is 0. The second kappa shape index (κ2) is 4.54. The van der Waals surface area contributed by atoms with Crippen LogP contribution in [0.5, 0.6) is 0 Å². The summed E-state index contributed by atoms with van der Waals surface area (Å²) >= 11 is 0. The number of benzene rings is 2. The number of rotatable bonds is 1. The maximum absolute atomic E-state index is 12.2. The number of piperidine rings is 1. The van der Waals surface area contributed by atoms with Crippen LogP contribution < -0.4 is 5.32 Å². The molecule has 1 fully saturated rings. The van der Waals surface area contributed by atoms with Gasteiger partial charge in [0.1, 0.15) is 6.07 Å². The molecule has 0 aromatic heterocycles. The number of amides is 2. The highest BCUT2D eigenvalue weighted by atomic mass is 16.2. The Bertz CT molecular complexity index is 913. The summed E-state index contributed by atoms with van der Waals surface area (Å²) in [6, 6.07) is 14.0. The molecule has 4 heteroatoms. The molecule has 4 rings (SSSR count). The largest absolute Gasteiger partial charge is 0.296 e. The van der Waals surface area contributed by atoms with Gasteiger partial charge >= 0.3 is 0 Å². The van der Waals surface area contributed by atoms with Crippen LogP contribution in [0.3, 0.4) is 0 Å². The van der Waals surface area contributed by atoms with Gasteiger partial charge in [-0.25, -0.2) is 0 Å². The van der Waals surface area contributed by atoms with Gasteiger partial charge in [0.25, 0.3) is 0 Å². The number of imide groups is 1. The first-order chi connectivity index (χ1) is 10.7. The summed E-state index contributed by atoms with van der Waals surface area (Å²) in [6.07, 6.45) is 0.764. The third kappa shape index (κ3) is 1.63. The SMILES string of the molecule is N#CC1=C(C2CCC(=O)NC2=O)c2cccc3cccc1c23. The van der Waals surface area contributed by atoms with Gasteiger partial charge in [-0.15, -0.1) is 0 Å². The van der Waals surface area contributed by atoms with Gasteiger partial charge in [-0.2, -0.15) is 5.26 Å². The fourth-order valence-electron chi connectivity index (χ4n) is 3.50. The van der Waals surface area contributed by atoms with Crippen LogP contribution in [-0.4, -0.2) is 11.8 Å². The fraction of sp³-hybridized carbons (Fsp3) is 0.167. The monoisotopic (exact) mass is 288 g/mol. The first-order valence-corrected chi connectivity index (χ1v) is 7.21. The number of hydrogen-bond donors (Lipinski definition) is 1. The third-order valence-electron chi connectivity index (χ3n) is 4.43. The Labute approximate surface area is 127 Å². The first-order valence-electron chi connectivity index (χ1n) is 7.21. The summed E-state index contributed by atoms with van der Waals surface area (Å²) < 4.78 is 0. The Balaban J connectivity index is 1.96. The van der Waals surface area contributed by atoms with E-state index in [0.29, 0.717) is 18.4 Å². The highest BCUT2D eigenvalue weighted by molar-refractivity contribution is 6.21. The standard InChI is InChI=1S/C18H12N2O2/c19-9-14-11-5-1-3-10-4-2-6-12(16(10)11)17(14)13-7-8-15(21)20-18(13)22/h1-6,13H,7-8H2,(H,20,21,22). The van der Waals surface area contributed by atoms with Gasteiger partial charge < -0.3 is 0 Å². The summed E-state index contributed by atoms with van der Waals surface area (Å²) in [5.74, 6) is -0.983. The Morgan fingerprint density at radius 1 is 1.09 bits per heavy atom. The molecule has 4 nitrogen and oxygen atoms in total. The molecular weight excluding hydrogens is 276 g/mol. The Kier molecular flexibility index (Phi) is 2.64. The van der Waals surface area contributed by atoms with Crippen molar-refractivity contribution in [1.29, 1.82) is 5.26 Å². The summed E-state index contributed by atoms with van der Waals surface area (Å²) in [4.78, 5) is 23.6. The maximum atomic E-state index is 12.2. The van der Waals surface area contributed by atoms with Gasteiger partial charge in [-0.05, 0) is 28.3 Å². The van der Waals surface area contributed by atoms with Crippen LogP contribution in [0.15, 0.2) is 36.4 Å². The molecule has 2 aromatic rings. The second-order valence-electron chi connectivity index (χ2n) is 5.61. The average Bonchev–Trinajstić information content (AvgIpc) is 2.84. The van der Waals surface area contributed by atoms with E-state index in [9.17, 15) is 14.9 Å². The number of hydrogen-bond acceptors (Lipinski definition) is 3. The van der Waals surface area contributed by atoms with E-state index in [-0.39, 0.29) is 11.8 Å². The zero-order valence-corrected chi connectivity index (χ0v) is 11.7. The van der Waals surface area contributed by atoms with E-state index >= 15 is 0 Å². The van der Waals surface area contributed by atoms with E-state index in [1.807, 2.05) is 36.4 Å². The lowest BCUT2D eigenvalue weighted by molar-refractivity contribution is -0.134. The van der Waals surface area contributed by atoms with Crippen LogP contribution in [0, 0.1) is 17.2 Å². The van der Waals surface area contributed by atoms with Crippen molar-refractivity contribution >= 4 is 33.7 Å². The predicted octanol–water partition coefficient (Wildman–Crippen LogP) is 2.64. The first kappa shape index (κ1) is 12.8. The molecule has 0 radical (unpaired) electrons. The zero-order chi connectivity index (χ0) is 15.3. The number of nitriles is 1. The molecule has 106 valence electrons. The number of nitrogens with zero attached hydrogens (tertiary/aromatic N) is 1. The van der Waals surface area contributed by atoms with Crippen molar-refractivity contribution in [2.45, 2.75) is 12.8 Å². The van der Waals surface area contributed by atoms with Crippen molar-refractivity contribution in [3.05, 3.63) is 47.5 Å². The van der Waals surface area contributed by atoms with E-state index in [1.165, 1.54) is 0 Å². The lowest BCUT2D eigenvalue weighted by atomic mass is 9.85. The van der Waals surface area contributed by atoms with E-state index in [4.69, 9.17) is 0 Å². The van der Waals surface area contributed by atoms with Crippen molar-refractivity contribution in [2.75, 3.05) is 0 Å². The van der Waals surface area contributed by atoms with Crippen LogP contribution in [0.1, 0.15) is 24.0 Å². The number of carbonyl (C=O) groups excluding carboxylic acids is 2. The highest BCUT2D eigenvalue weighted by Gasteiger charge is 2.36. The summed E-state index contributed by atoms with van der Waals surface area (Å²) in [5, 5.41) is 14.1. The topological polar surface area (TPSA) is 70.0 Å². The van der Waals surface area contributed by atoms with Crippen molar-refractivity contribution in [3.63, 3.8) is 0 Å². The number of carbonyl (C=O) groups is 2. The summed E-state index contributed by atoms with van der Waals surface area (Å²) in [5.41, 5.74) is 3.15. The van der Waals surface area contributed by atoms with Gasteiger partial charge in [0.05, 0.1) is 11.5 Å². The van der Waals surface area contributed by atoms with Crippen molar-refractivity contribution in [1.82, 2.24) is 5.32 Å². The molecule has 1 N–H and O–H groups in total. The van der Waals surface area contributed by atoms with Crippen LogP contribution in [0.4, 0.5) is 0 Å². The molecule has 2 aliphatic rings. The molecule has 0 saturated carbocycles. The number of allylic oxidation sites excluding steroid dienone is 1. The molecule has 0 bridgehead atoms. The minimum Gasteiger partial charge on any atom is -0.296 e. The third-order valence-corrected chi connectivity index (χ3v) is 4.43. The van der Waals surface area contributed by atoms with Gasteiger partial charge in [0.15, 0.2) is 0 Å². The zero-order valence-electron chi connectivity index (χ0n) is 11.7. The van der Waals surface area contributed by atoms with Gasteiger partial charge in [0.2, 0.25) is 11.8 Å². The molecule has 22 heavy (non-hydrogen) atoms. The number of nitrogens with one attached hydrogen (secondary N) is 1. The Morgan fingerprint density at radius 2 is 1.82 bits per heavy atom. The second-order valence-corrected chi connectivity index (χ2v) is 5.61. The Hall–Kier alpha value is -2.93.